The van der Waals surface area contributed by atoms with Gasteiger partial charge in [0.25, 0.3) is 0 Å². The number of hydrogen-bond acceptors (Lipinski definition) is 5. The fourth-order valence-electron chi connectivity index (χ4n) is 2.23. The number of unbranched alkanes of at least 4 members (excludes halogenated alkanes) is 1. The SMILES string of the molecule is CNC(C)(CCCCOC1CCOCC1)C(=O)OC. The van der Waals surface area contributed by atoms with Crippen molar-refractivity contribution in [3.8, 4) is 0 Å². The molecule has 0 aromatic heterocycles. The Labute approximate surface area is 116 Å². The van der Waals surface area contributed by atoms with Crippen LogP contribution in [0.4, 0.5) is 0 Å². The number of nitrogens with one attached hydrogen (secondary N) is 1. The highest BCUT2D eigenvalue weighted by molar-refractivity contribution is 5.80. The zero-order valence-electron chi connectivity index (χ0n) is 12.4. The van der Waals surface area contributed by atoms with Crippen molar-refractivity contribution >= 4 is 5.97 Å². The third-order valence-corrected chi connectivity index (χ3v) is 3.78. The first-order valence-electron chi connectivity index (χ1n) is 7.09. The molecule has 1 N–H and O–H groups in total. The van der Waals surface area contributed by atoms with Crippen LogP contribution >= 0.6 is 0 Å². The molecule has 1 atom stereocenters. The van der Waals surface area contributed by atoms with Gasteiger partial charge < -0.3 is 19.5 Å². The van der Waals surface area contributed by atoms with Gasteiger partial charge in [0.2, 0.25) is 0 Å². The van der Waals surface area contributed by atoms with Crippen molar-refractivity contribution < 1.29 is 19.0 Å². The maximum Gasteiger partial charge on any atom is 0.325 e. The lowest BCUT2D eigenvalue weighted by molar-refractivity contribution is -0.148. The second-order valence-corrected chi connectivity index (χ2v) is 5.21. The summed E-state index contributed by atoms with van der Waals surface area (Å²) in [6, 6.07) is 0. The first-order chi connectivity index (χ1) is 9.12. The van der Waals surface area contributed by atoms with Gasteiger partial charge in [0.1, 0.15) is 5.54 Å². The quantitative estimate of drug-likeness (QED) is 0.536. The van der Waals surface area contributed by atoms with E-state index in [1.54, 1.807) is 7.05 Å². The summed E-state index contributed by atoms with van der Waals surface area (Å²) < 4.78 is 15.9. The third kappa shape index (κ3) is 5.47. The molecule has 5 heteroatoms. The van der Waals surface area contributed by atoms with Crippen LogP contribution in [0, 0.1) is 0 Å². The van der Waals surface area contributed by atoms with Crippen LogP contribution in [-0.4, -0.2) is 51.6 Å². The molecule has 1 aliphatic rings. The molecule has 0 amide bonds. The smallest absolute Gasteiger partial charge is 0.325 e. The first kappa shape index (κ1) is 16.4. The summed E-state index contributed by atoms with van der Waals surface area (Å²) in [4.78, 5) is 11.6. The zero-order valence-corrected chi connectivity index (χ0v) is 12.4. The van der Waals surface area contributed by atoms with Gasteiger partial charge in [0.15, 0.2) is 0 Å². The Morgan fingerprint density at radius 3 is 2.63 bits per heavy atom. The van der Waals surface area contributed by atoms with E-state index in [1.807, 2.05) is 6.92 Å². The second kappa shape index (κ2) is 8.51. The van der Waals surface area contributed by atoms with Gasteiger partial charge in [-0.05, 0) is 46.1 Å². The average Bonchev–Trinajstić information content (AvgIpc) is 2.46. The lowest BCUT2D eigenvalue weighted by Gasteiger charge is -2.26. The summed E-state index contributed by atoms with van der Waals surface area (Å²) in [7, 11) is 3.21. The predicted molar refractivity (Wildman–Crippen MR) is 73.1 cm³/mol. The van der Waals surface area contributed by atoms with E-state index in [2.05, 4.69) is 5.32 Å². The molecule has 0 bridgehead atoms. The average molecular weight is 273 g/mol. The van der Waals surface area contributed by atoms with Gasteiger partial charge in [-0.2, -0.15) is 0 Å². The molecule has 1 rings (SSSR count). The lowest BCUT2D eigenvalue weighted by Crippen LogP contribution is -2.48. The number of esters is 1. The van der Waals surface area contributed by atoms with Crippen LogP contribution in [0.3, 0.4) is 0 Å². The molecule has 1 fully saturated rings. The van der Waals surface area contributed by atoms with E-state index in [-0.39, 0.29) is 5.97 Å². The maximum absolute atomic E-state index is 11.6. The Morgan fingerprint density at radius 1 is 1.37 bits per heavy atom. The molecule has 0 radical (unpaired) electrons. The van der Waals surface area contributed by atoms with Crippen LogP contribution in [0.1, 0.15) is 39.0 Å². The van der Waals surface area contributed by atoms with Crippen LogP contribution in [0.5, 0.6) is 0 Å². The number of likely N-dealkylation sites (N-methyl/N-ethyl adjacent to an activating group) is 1. The number of carbonyl (C=O) groups is 1. The van der Waals surface area contributed by atoms with Gasteiger partial charge in [-0.3, -0.25) is 4.79 Å². The molecular formula is C14H27NO4. The molecule has 0 aromatic carbocycles. The molecular weight excluding hydrogens is 246 g/mol. The summed E-state index contributed by atoms with van der Waals surface area (Å²) in [6.07, 6.45) is 5.01. The van der Waals surface area contributed by atoms with Crippen molar-refractivity contribution in [3.63, 3.8) is 0 Å². The van der Waals surface area contributed by atoms with E-state index in [1.165, 1.54) is 7.11 Å². The number of carbonyl (C=O) groups excluding carboxylic acids is 1. The lowest BCUT2D eigenvalue weighted by atomic mass is 9.95. The third-order valence-electron chi connectivity index (χ3n) is 3.78. The number of rotatable bonds is 8. The maximum atomic E-state index is 11.6. The molecule has 0 spiro atoms. The molecule has 1 unspecified atom stereocenters. The van der Waals surface area contributed by atoms with Crippen LogP contribution in [-0.2, 0) is 19.0 Å². The molecule has 0 aliphatic carbocycles. The van der Waals surface area contributed by atoms with Gasteiger partial charge in [-0.15, -0.1) is 0 Å². The summed E-state index contributed by atoms with van der Waals surface area (Å²) in [5.74, 6) is -0.208. The highest BCUT2D eigenvalue weighted by atomic mass is 16.5. The van der Waals surface area contributed by atoms with E-state index in [0.29, 0.717) is 6.10 Å². The van der Waals surface area contributed by atoms with Crippen LogP contribution < -0.4 is 5.32 Å². The minimum atomic E-state index is -0.590. The molecule has 19 heavy (non-hydrogen) atoms. The predicted octanol–water partition coefficient (Wildman–Crippen LogP) is 1.50. The largest absolute Gasteiger partial charge is 0.468 e. The van der Waals surface area contributed by atoms with Gasteiger partial charge in [-0.25, -0.2) is 0 Å². The fraction of sp³-hybridized carbons (Fsp3) is 0.929. The topological polar surface area (TPSA) is 56.8 Å². The van der Waals surface area contributed by atoms with E-state index in [9.17, 15) is 4.79 Å². The van der Waals surface area contributed by atoms with Crippen molar-refractivity contribution in [3.05, 3.63) is 0 Å². The Balaban J connectivity index is 2.13. The van der Waals surface area contributed by atoms with Crippen molar-refractivity contribution in [1.82, 2.24) is 5.32 Å². The Bertz CT molecular complexity index is 266. The molecule has 1 heterocycles. The van der Waals surface area contributed by atoms with Crippen LogP contribution in [0.15, 0.2) is 0 Å². The highest BCUT2D eigenvalue weighted by Gasteiger charge is 2.31. The van der Waals surface area contributed by atoms with Gasteiger partial charge in [-0.1, -0.05) is 0 Å². The van der Waals surface area contributed by atoms with Crippen LogP contribution in [0.2, 0.25) is 0 Å². The number of methoxy groups -OCH3 is 1. The molecule has 1 saturated heterocycles. The van der Waals surface area contributed by atoms with Gasteiger partial charge in [0, 0.05) is 19.8 Å². The molecule has 1 aliphatic heterocycles. The molecule has 5 nitrogen and oxygen atoms in total. The normalized spacial score (nSPS) is 19.9. The monoisotopic (exact) mass is 273 g/mol. The van der Waals surface area contributed by atoms with E-state index in [0.717, 1.165) is 51.9 Å². The van der Waals surface area contributed by atoms with E-state index < -0.39 is 5.54 Å². The second-order valence-electron chi connectivity index (χ2n) is 5.21. The molecule has 0 aromatic rings. The minimum absolute atomic E-state index is 0.208. The minimum Gasteiger partial charge on any atom is -0.468 e. The number of hydrogen-bond donors (Lipinski definition) is 1. The first-order valence-corrected chi connectivity index (χ1v) is 7.09. The summed E-state index contributed by atoms with van der Waals surface area (Å²) in [6.45, 7) is 4.25. The molecule has 112 valence electrons. The van der Waals surface area contributed by atoms with E-state index >= 15 is 0 Å². The van der Waals surface area contributed by atoms with Gasteiger partial charge >= 0.3 is 5.97 Å². The highest BCUT2D eigenvalue weighted by Crippen LogP contribution is 2.16. The van der Waals surface area contributed by atoms with Crippen molar-refractivity contribution in [2.45, 2.75) is 50.7 Å². The van der Waals surface area contributed by atoms with Gasteiger partial charge in [0.05, 0.1) is 13.2 Å². The van der Waals surface area contributed by atoms with Crippen molar-refractivity contribution in [2.75, 3.05) is 34.0 Å². The van der Waals surface area contributed by atoms with Crippen molar-refractivity contribution in [2.24, 2.45) is 0 Å². The Morgan fingerprint density at radius 2 is 2.05 bits per heavy atom. The summed E-state index contributed by atoms with van der Waals surface area (Å²) >= 11 is 0. The van der Waals surface area contributed by atoms with E-state index in [4.69, 9.17) is 14.2 Å². The Hall–Kier alpha value is -0.650. The zero-order chi connectivity index (χ0) is 14.1. The summed E-state index contributed by atoms with van der Waals surface area (Å²) in [5.41, 5.74) is -0.590. The van der Waals surface area contributed by atoms with Crippen LogP contribution in [0.25, 0.3) is 0 Å². The number of ether oxygens (including phenoxy) is 3. The summed E-state index contributed by atoms with van der Waals surface area (Å²) in [5, 5.41) is 3.04. The van der Waals surface area contributed by atoms with Crippen molar-refractivity contribution in [1.29, 1.82) is 0 Å². The standard InChI is InChI=1S/C14H27NO4/c1-14(15-2,13(16)17-3)8-4-5-9-19-12-6-10-18-11-7-12/h12,15H,4-11H2,1-3H3. The molecule has 0 saturated carbocycles. The fourth-order valence-corrected chi connectivity index (χ4v) is 2.23. The Kier molecular flexibility index (Phi) is 7.34.